The van der Waals surface area contributed by atoms with Crippen LogP contribution in [0, 0.1) is 5.92 Å². The SMILES string of the molecule is CCOC(=O)C1CN(C(C)(C)CCOC2CN(C(C)(C)C)C2)C1. The molecular weight excluding hydrogens is 292 g/mol. The Kier molecular flexibility index (Phi) is 5.75. The molecule has 0 amide bonds. The Hall–Kier alpha value is -0.650. The summed E-state index contributed by atoms with van der Waals surface area (Å²) in [5, 5.41) is 0. The van der Waals surface area contributed by atoms with Crippen LogP contribution in [0.3, 0.4) is 0 Å². The fraction of sp³-hybridized carbons (Fsp3) is 0.944. The Morgan fingerprint density at radius 1 is 1.04 bits per heavy atom. The van der Waals surface area contributed by atoms with E-state index in [0.29, 0.717) is 12.7 Å². The van der Waals surface area contributed by atoms with Gasteiger partial charge in [0.15, 0.2) is 0 Å². The summed E-state index contributed by atoms with van der Waals surface area (Å²) in [4.78, 5) is 16.5. The van der Waals surface area contributed by atoms with Crippen molar-refractivity contribution in [2.24, 2.45) is 5.92 Å². The van der Waals surface area contributed by atoms with E-state index in [1.807, 2.05) is 6.92 Å². The van der Waals surface area contributed by atoms with Crippen LogP contribution in [-0.4, -0.2) is 72.3 Å². The van der Waals surface area contributed by atoms with Crippen LogP contribution in [0.2, 0.25) is 0 Å². The maximum Gasteiger partial charge on any atom is 0.311 e. The van der Waals surface area contributed by atoms with E-state index >= 15 is 0 Å². The van der Waals surface area contributed by atoms with Crippen LogP contribution in [0.1, 0.15) is 48.0 Å². The van der Waals surface area contributed by atoms with Crippen molar-refractivity contribution in [2.75, 3.05) is 39.4 Å². The minimum atomic E-state index is -0.0486. The normalized spacial score (nSPS) is 21.8. The first-order chi connectivity index (χ1) is 10.6. The molecular formula is C18H34N2O3. The van der Waals surface area contributed by atoms with Gasteiger partial charge in [0.2, 0.25) is 0 Å². The van der Waals surface area contributed by atoms with Crippen LogP contribution < -0.4 is 0 Å². The highest BCUT2D eigenvalue weighted by atomic mass is 16.5. The molecule has 2 aliphatic rings. The number of hydrogen-bond donors (Lipinski definition) is 0. The van der Waals surface area contributed by atoms with Gasteiger partial charge in [-0.25, -0.2) is 0 Å². The predicted octanol–water partition coefficient (Wildman–Crippen LogP) is 2.15. The minimum Gasteiger partial charge on any atom is -0.466 e. The maximum absolute atomic E-state index is 11.7. The van der Waals surface area contributed by atoms with Gasteiger partial charge in [-0.05, 0) is 48.0 Å². The first kappa shape index (κ1) is 18.7. The number of carbonyl (C=O) groups excluding carboxylic acids is 1. The molecule has 134 valence electrons. The monoisotopic (exact) mass is 326 g/mol. The molecule has 0 aromatic carbocycles. The predicted molar refractivity (Wildman–Crippen MR) is 91.5 cm³/mol. The summed E-state index contributed by atoms with van der Waals surface area (Å²) in [6.07, 6.45) is 1.38. The Bertz CT molecular complexity index is 405. The van der Waals surface area contributed by atoms with E-state index in [2.05, 4.69) is 44.4 Å². The molecule has 0 radical (unpaired) electrons. The number of ether oxygens (including phenoxy) is 2. The molecule has 2 aliphatic heterocycles. The molecule has 0 unspecified atom stereocenters. The number of rotatable bonds is 7. The third-order valence-electron chi connectivity index (χ3n) is 5.22. The van der Waals surface area contributed by atoms with E-state index in [1.165, 1.54) is 0 Å². The molecule has 2 saturated heterocycles. The Balaban J connectivity index is 1.62. The number of likely N-dealkylation sites (tertiary alicyclic amines) is 2. The Morgan fingerprint density at radius 2 is 1.65 bits per heavy atom. The Morgan fingerprint density at radius 3 is 2.17 bits per heavy atom. The minimum absolute atomic E-state index is 0.0486. The summed E-state index contributed by atoms with van der Waals surface area (Å²) >= 11 is 0. The molecule has 5 nitrogen and oxygen atoms in total. The quantitative estimate of drug-likeness (QED) is 0.671. The molecule has 0 atom stereocenters. The van der Waals surface area contributed by atoms with Crippen molar-refractivity contribution in [3.63, 3.8) is 0 Å². The van der Waals surface area contributed by atoms with Crippen LogP contribution >= 0.6 is 0 Å². The maximum atomic E-state index is 11.7. The zero-order valence-electron chi connectivity index (χ0n) is 15.7. The molecule has 2 rings (SSSR count). The number of hydrogen-bond acceptors (Lipinski definition) is 5. The first-order valence-corrected chi connectivity index (χ1v) is 8.92. The summed E-state index contributed by atoms with van der Waals surface area (Å²) in [5.41, 5.74) is 0.329. The van der Waals surface area contributed by atoms with Gasteiger partial charge in [0.25, 0.3) is 0 Å². The fourth-order valence-corrected chi connectivity index (χ4v) is 3.11. The smallest absolute Gasteiger partial charge is 0.311 e. The number of nitrogens with zero attached hydrogens (tertiary/aromatic N) is 2. The van der Waals surface area contributed by atoms with Gasteiger partial charge in [-0.2, -0.15) is 0 Å². The molecule has 2 heterocycles. The zero-order valence-corrected chi connectivity index (χ0v) is 15.7. The van der Waals surface area contributed by atoms with E-state index in [4.69, 9.17) is 9.47 Å². The topological polar surface area (TPSA) is 42.0 Å². The lowest BCUT2D eigenvalue weighted by atomic mass is 9.89. The molecule has 0 spiro atoms. The van der Waals surface area contributed by atoms with Crippen molar-refractivity contribution in [1.82, 2.24) is 9.80 Å². The standard InChI is InChI=1S/C18H34N2O3/c1-7-22-16(21)14-10-20(11-14)18(5,6)8-9-23-15-12-19(13-15)17(2,3)4/h14-15H,7-13H2,1-6H3. The van der Waals surface area contributed by atoms with Crippen LogP contribution in [0.25, 0.3) is 0 Å². The molecule has 5 heteroatoms. The highest BCUT2D eigenvalue weighted by Crippen LogP contribution is 2.30. The second-order valence-corrected chi connectivity index (χ2v) is 8.48. The summed E-state index contributed by atoms with van der Waals surface area (Å²) in [6, 6.07) is 0. The van der Waals surface area contributed by atoms with Gasteiger partial charge in [0, 0.05) is 43.9 Å². The third-order valence-corrected chi connectivity index (χ3v) is 5.22. The average molecular weight is 326 g/mol. The molecule has 0 bridgehead atoms. The van der Waals surface area contributed by atoms with Gasteiger partial charge in [-0.3, -0.25) is 14.6 Å². The highest BCUT2D eigenvalue weighted by molar-refractivity contribution is 5.74. The molecule has 0 N–H and O–H groups in total. The van der Waals surface area contributed by atoms with Crippen LogP contribution in [0.15, 0.2) is 0 Å². The summed E-state index contributed by atoms with van der Waals surface area (Å²) in [7, 11) is 0. The Labute approximate surface area is 141 Å². The molecule has 0 aromatic heterocycles. The second-order valence-electron chi connectivity index (χ2n) is 8.48. The highest BCUT2D eigenvalue weighted by Gasteiger charge is 2.41. The van der Waals surface area contributed by atoms with Crippen molar-refractivity contribution < 1.29 is 14.3 Å². The van der Waals surface area contributed by atoms with Crippen LogP contribution in [0.5, 0.6) is 0 Å². The van der Waals surface area contributed by atoms with E-state index in [-0.39, 0.29) is 23.0 Å². The zero-order chi connectivity index (χ0) is 17.3. The fourth-order valence-electron chi connectivity index (χ4n) is 3.11. The van der Waals surface area contributed by atoms with Gasteiger partial charge in [0.1, 0.15) is 0 Å². The van der Waals surface area contributed by atoms with Crippen LogP contribution in [0.4, 0.5) is 0 Å². The van der Waals surface area contributed by atoms with Gasteiger partial charge in [-0.1, -0.05) is 0 Å². The van der Waals surface area contributed by atoms with Gasteiger partial charge in [-0.15, -0.1) is 0 Å². The van der Waals surface area contributed by atoms with E-state index in [1.54, 1.807) is 0 Å². The lowest BCUT2D eigenvalue weighted by Gasteiger charge is -2.49. The summed E-state index contributed by atoms with van der Waals surface area (Å²) in [6.45, 7) is 18.0. The van der Waals surface area contributed by atoms with Crippen LogP contribution in [-0.2, 0) is 14.3 Å². The first-order valence-electron chi connectivity index (χ1n) is 8.92. The van der Waals surface area contributed by atoms with Gasteiger partial charge in [0.05, 0.1) is 18.6 Å². The van der Waals surface area contributed by atoms with Crippen molar-refractivity contribution in [1.29, 1.82) is 0 Å². The third kappa shape index (κ3) is 4.68. The van der Waals surface area contributed by atoms with Crippen molar-refractivity contribution in [3.05, 3.63) is 0 Å². The summed E-state index contributed by atoms with van der Waals surface area (Å²) in [5.74, 6) is 0.00894. The lowest BCUT2D eigenvalue weighted by Crippen LogP contribution is -2.61. The molecule has 0 aromatic rings. The second kappa shape index (κ2) is 7.08. The van der Waals surface area contributed by atoms with E-state index < -0.39 is 0 Å². The largest absolute Gasteiger partial charge is 0.466 e. The van der Waals surface area contributed by atoms with E-state index in [0.717, 1.165) is 39.2 Å². The van der Waals surface area contributed by atoms with Crippen molar-refractivity contribution in [2.45, 2.75) is 65.1 Å². The van der Waals surface area contributed by atoms with Gasteiger partial charge >= 0.3 is 5.97 Å². The van der Waals surface area contributed by atoms with E-state index in [9.17, 15) is 4.79 Å². The van der Waals surface area contributed by atoms with Crippen molar-refractivity contribution in [3.8, 4) is 0 Å². The molecule has 23 heavy (non-hydrogen) atoms. The molecule has 0 aliphatic carbocycles. The van der Waals surface area contributed by atoms with Gasteiger partial charge < -0.3 is 9.47 Å². The average Bonchev–Trinajstić information content (AvgIpc) is 2.28. The molecule has 2 fully saturated rings. The van der Waals surface area contributed by atoms with Crippen molar-refractivity contribution >= 4 is 5.97 Å². The lowest BCUT2D eigenvalue weighted by molar-refractivity contribution is -0.157. The molecule has 0 saturated carbocycles. The number of carbonyl (C=O) groups is 1. The summed E-state index contributed by atoms with van der Waals surface area (Å²) < 4.78 is 11.1. The number of esters is 1.